The van der Waals surface area contributed by atoms with E-state index >= 15 is 0 Å². The molecule has 1 spiro atoms. The number of amides is 3. The Balaban J connectivity index is 1.29. The van der Waals surface area contributed by atoms with Crippen LogP contribution in [-0.2, 0) is 19.8 Å². The van der Waals surface area contributed by atoms with Gasteiger partial charge in [-0.15, -0.1) is 10.0 Å². The van der Waals surface area contributed by atoms with Crippen molar-refractivity contribution in [2.75, 3.05) is 23.7 Å². The smallest absolute Gasteiger partial charge is 0.301 e. The molecule has 0 radical (unpaired) electrons. The van der Waals surface area contributed by atoms with Gasteiger partial charge >= 0.3 is 5.84 Å². The molecular weight excluding hydrogens is 436 g/mol. The Morgan fingerprint density at radius 1 is 1.12 bits per heavy atom. The lowest BCUT2D eigenvalue weighted by Gasteiger charge is -2.32. The molecule has 0 aromatic heterocycles. The van der Waals surface area contributed by atoms with Gasteiger partial charge in [-0.2, -0.15) is 0 Å². The molecule has 5 aliphatic rings. The number of carbonyl (C=O) groups is 3. The third-order valence-electron chi connectivity index (χ3n) is 7.24. The fraction of sp³-hybridized carbons (Fsp3) is 0.391. The summed E-state index contributed by atoms with van der Waals surface area (Å²) in [6.07, 6.45) is 6.34. The summed E-state index contributed by atoms with van der Waals surface area (Å²) >= 11 is 0. The molecule has 2 atom stereocenters. The summed E-state index contributed by atoms with van der Waals surface area (Å²) in [6, 6.07) is 5.85. The maximum atomic E-state index is 12.5. The summed E-state index contributed by atoms with van der Waals surface area (Å²) in [7, 11) is 0. The Bertz CT molecular complexity index is 1280. The summed E-state index contributed by atoms with van der Waals surface area (Å²) in [4.78, 5) is 45.4. The van der Waals surface area contributed by atoms with Crippen molar-refractivity contribution in [1.82, 2.24) is 10.3 Å². The molecule has 2 fully saturated rings. The molecule has 1 unspecified atom stereocenters. The molecule has 5 aliphatic heterocycles. The van der Waals surface area contributed by atoms with Crippen LogP contribution in [0.5, 0.6) is 0 Å². The van der Waals surface area contributed by atoms with Crippen LogP contribution < -0.4 is 16.0 Å². The number of nitrogens with zero attached hydrogens (tertiary/aromatic N) is 5. The Hall–Kier alpha value is -3.70. The van der Waals surface area contributed by atoms with Crippen molar-refractivity contribution in [3.63, 3.8) is 0 Å². The lowest BCUT2D eigenvalue weighted by Crippen LogP contribution is -2.56. The first-order valence-corrected chi connectivity index (χ1v) is 11.3. The van der Waals surface area contributed by atoms with E-state index in [-0.39, 0.29) is 34.3 Å². The van der Waals surface area contributed by atoms with E-state index in [2.05, 4.69) is 39.8 Å². The zero-order valence-electron chi connectivity index (χ0n) is 19.0. The molecule has 0 saturated carbocycles. The second-order valence-corrected chi connectivity index (χ2v) is 10.1. The zero-order chi connectivity index (χ0) is 23.7. The number of guanidine groups is 1. The summed E-state index contributed by atoms with van der Waals surface area (Å²) in [5.41, 5.74) is 1.64. The number of nitrogens with one attached hydrogen (secondary N) is 3. The molecule has 11 nitrogen and oxygen atoms in total. The van der Waals surface area contributed by atoms with Gasteiger partial charge in [-0.1, -0.05) is 19.9 Å². The van der Waals surface area contributed by atoms with E-state index in [0.717, 1.165) is 16.9 Å². The number of carbonyl (C=O) groups excluding carboxylic acids is 3. The normalized spacial score (nSPS) is 31.2. The lowest BCUT2D eigenvalue weighted by atomic mass is 9.78. The first-order valence-electron chi connectivity index (χ1n) is 11.3. The molecule has 1 aromatic rings. The minimum Gasteiger partial charge on any atom is -0.326 e. The van der Waals surface area contributed by atoms with E-state index in [4.69, 9.17) is 5.10 Å². The third-order valence-corrected chi connectivity index (χ3v) is 7.24. The molecule has 2 saturated heterocycles. The molecule has 6 rings (SSSR count). The second kappa shape index (κ2) is 6.90. The van der Waals surface area contributed by atoms with Gasteiger partial charge in [0.25, 0.3) is 5.96 Å². The summed E-state index contributed by atoms with van der Waals surface area (Å²) in [6.45, 7) is 5.08. The number of aliphatic imine (C=N–C) groups is 2. The predicted molar refractivity (Wildman–Crippen MR) is 125 cm³/mol. The highest BCUT2D eigenvalue weighted by Crippen LogP contribution is 2.42. The van der Waals surface area contributed by atoms with Gasteiger partial charge in [-0.3, -0.25) is 24.7 Å². The number of fused-ring (bicyclic) bond motifs is 2. The minimum absolute atomic E-state index is 0.00604. The number of imide groups is 1. The number of hydrogen-bond acceptors (Lipinski definition) is 8. The van der Waals surface area contributed by atoms with Gasteiger partial charge < -0.3 is 10.6 Å². The minimum atomic E-state index is -0.729. The number of quaternary nitrogens is 1. The Morgan fingerprint density at radius 2 is 1.94 bits per heavy atom. The topological polar surface area (TPSA) is 128 Å². The lowest BCUT2D eigenvalue weighted by molar-refractivity contribution is -0.915. The average molecular weight is 462 g/mol. The number of benzene rings is 1. The Kier molecular flexibility index (Phi) is 4.24. The van der Waals surface area contributed by atoms with Crippen molar-refractivity contribution >= 4 is 47.1 Å². The maximum absolute atomic E-state index is 12.5. The highest BCUT2D eigenvalue weighted by Gasteiger charge is 2.58. The van der Waals surface area contributed by atoms with Crippen molar-refractivity contribution in [2.24, 2.45) is 20.5 Å². The van der Waals surface area contributed by atoms with Crippen LogP contribution in [0.1, 0.15) is 38.7 Å². The van der Waals surface area contributed by atoms with Crippen LogP contribution >= 0.6 is 0 Å². The number of hydrogen-bond donors (Lipinski definition) is 3. The summed E-state index contributed by atoms with van der Waals surface area (Å²) in [5.74, 6) is 0.535. The largest absolute Gasteiger partial charge is 0.326 e. The number of amidine groups is 1. The molecule has 11 heteroatoms. The van der Waals surface area contributed by atoms with Crippen LogP contribution in [0.25, 0.3) is 0 Å². The molecule has 3 amide bonds. The second-order valence-electron chi connectivity index (χ2n) is 10.1. The van der Waals surface area contributed by atoms with Crippen LogP contribution in [0.4, 0.5) is 11.4 Å². The Labute approximate surface area is 195 Å². The quantitative estimate of drug-likeness (QED) is 0.454. The highest BCUT2D eigenvalue weighted by molar-refractivity contribution is 6.30. The van der Waals surface area contributed by atoms with Crippen LogP contribution in [0.15, 0.2) is 45.7 Å². The SMILES string of the molecule is CC1(C)CC(=O)Nc2cc(NC3=N[N+]4(N5CC[C@@]6(CC(=O)NC6=O)C5)C=CN=CC4=N3)ccc21. The van der Waals surface area contributed by atoms with Gasteiger partial charge in [0, 0.05) is 29.6 Å². The van der Waals surface area contributed by atoms with Crippen LogP contribution in [0.3, 0.4) is 0 Å². The third kappa shape index (κ3) is 3.04. The van der Waals surface area contributed by atoms with E-state index < -0.39 is 5.41 Å². The fourth-order valence-corrected chi connectivity index (χ4v) is 5.49. The van der Waals surface area contributed by atoms with Crippen molar-refractivity contribution in [3.8, 4) is 0 Å². The first kappa shape index (κ1) is 20.9. The molecule has 174 valence electrons. The molecule has 1 aromatic carbocycles. The molecule has 34 heavy (non-hydrogen) atoms. The van der Waals surface area contributed by atoms with Crippen LogP contribution in [0, 0.1) is 5.41 Å². The van der Waals surface area contributed by atoms with E-state index in [1.54, 1.807) is 12.4 Å². The predicted octanol–water partition coefficient (Wildman–Crippen LogP) is 1.43. The molecule has 0 bridgehead atoms. The van der Waals surface area contributed by atoms with E-state index in [9.17, 15) is 14.4 Å². The number of rotatable bonds is 2. The van der Waals surface area contributed by atoms with E-state index in [1.807, 2.05) is 29.4 Å². The average Bonchev–Trinajstić information content (AvgIpc) is 3.42. The van der Waals surface area contributed by atoms with Gasteiger partial charge in [0.15, 0.2) is 6.20 Å². The van der Waals surface area contributed by atoms with Crippen molar-refractivity contribution in [1.29, 1.82) is 0 Å². The van der Waals surface area contributed by atoms with Gasteiger partial charge in [0.05, 0.1) is 24.7 Å². The summed E-state index contributed by atoms with van der Waals surface area (Å²) < 4.78 is -0.0379. The van der Waals surface area contributed by atoms with Crippen molar-refractivity contribution in [3.05, 3.63) is 36.2 Å². The van der Waals surface area contributed by atoms with E-state index in [0.29, 0.717) is 37.7 Å². The van der Waals surface area contributed by atoms with Crippen LogP contribution in [-0.4, -0.2) is 58.5 Å². The molecule has 0 aliphatic carbocycles. The van der Waals surface area contributed by atoms with Gasteiger partial charge in [-0.25, -0.2) is 0 Å². The van der Waals surface area contributed by atoms with Gasteiger partial charge in [-0.05, 0) is 33.9 Å². The first-order chi connectivity index (χ1) is 16.2. The Morgan fingerprint density at radius 3 is 2.74 bits per heavy atom. The van der Waals surface area contributed by atoms with Gasteiger partial charge in [0.2, 0.25) is 17.7 Å². The zero-order valence-corrected chi connectivity index (χ0v) is 19.0. The fourth-order valence-electron chi connectivity index (χ4n) is 5.49. The standard InChI is InChI=1S/C23H24N8O3/c1-22(2)10-18(32)26-16-9-14(3-4-15(16)22)25-21-27-17-12-24-6-8-31(17,29-21)30-7-5-23(13-30)11-19(33)28-20(23)34/h3-4,6,8-9,12H,5,7,10-11,13H2,1-2H3,(H2-,25,26,28,29,32,33,34)/p+1/t23-,31?/m1/s1. The highest BCUT2D eigenvalue weighted by atomic mass is 16.2. The number of anilines is 2. The maximum Gasteiger partial charge on any atom is 0.301 e. The van der Waals surface area contributed by atoms with Crippen molar-refractivity contribution in [2.45, 2.75) is 38.5 Å². The van der Waals surface area contributed by atoms with Gasteiger partial charge in [0.1, 0.15) is 6.21 Å². The van der Waals surface area contributed by atoms with E-state index in [1.165, 1.54) is 0 Å². The van der Waals surface area contributed by atoms with Crippen molar-refractivity contribution < 1.29 is 19.1 Å². The van der Waals surface area contributed by atoms with Crippen LogP contribution in [0.2, 0.25) is 0 Å². The molecular formula is C23H25N8O3+. The monoisotopic (exact) mass is 461 g/mol. The molecule has 5 heterocycles. The summed E-state index contributed by atoms with van der Waals surface area (Å²) in [5, 5.41) is 15.5. The molecule has 3 N–H and O–H groups in total.